The number of aromatic nitrogens is 2. The van der Waals surface area contributed by atoms with Gasteiger partial charge >= 0.3 is 0 Å². The molecule has 0 spiro atoms. The maximum atomic E-state index is 11.7. The fraction of sp³-hybridized carbons (Fsp3) is 0.286. The predicted octanol–water partition coefficient (Wildman–Crippen LogP) is 1.67. The molecule has 1 aromatic heterocycles. The van der Waals surface area contributed by atoms with Crippen molar-refractivity contribution >= 4 is 5.91 Å². The maximum absolute atomic E-state index is 11.7. The summed E-state index contributed by atoms with van der Waals surface area (Å²) in [6.07, 6.45) is 4.45. The molecule has 0 saturated heterocycles. The highest BCUT2D eigenvalue weighted by molar-refractivity contribution is 5.76. The maximum Gasteiger partial charge on any atom is 0.220 e. The molecule has 100 valence electrons. The minimum Gasteiger partial charge on any atom is -0.496 e. The van der Waals surface area contributed by atoms with Crippen molar-refractivity contribution in [2.24, 2.45) is 0 Å². The Morgan fingerprint density at radius 3 is 3.00 bits per heavy atom. The highest BCUT2D eigenvalue weighted by Crippen LogP contribution is 2.16. The van der Waals surface area contributed by atoms with E-state index in [1.807, 2.05) is 24.3 Å². The molecule has 0 fully saturated rings. The molecule has 5 nitrogen and oxygen atoms in total. The highest BCUT2D eigenvalue weighted by atomic mass is 16.5. The summed E-state index contributed by atoms with van der Waals surface area (Å²) in [7, 11) is 1.62. The quantitative estimate of drug-likeness (QED) is 0.829. The number of carbonyl (C=O) groups is 1. The van der Waals surface area contributed by atoms with Gasteiger partial charge in [-0.3, -0.25) is 4.79 Å². The third-order valence-corrected chi connectivity index (χ3v) is 2.84. The van der Waals surface area contributed by atoms with E-state index >= 15 is 0 Å². The summed E-state index contributed by atoms with van der Waals surface area (Å²) < 4.78 is 5.23. The van der Waals surface area contributed by atoms with Gasteiger partial charge in [-0.2, -0.15) is 0 Å². The Hall–Kier alpha value is -2.30. The summed E-state index contributed by atoms with van der Waals surface area (Å²) in [6.45, 7) is 0.478. The van der Waals surface area contributed by atoms with Crippen LogP contribution in [0.1, 0.15) is 17.7 Å². The van der Waals surface area contributed by atoms with Crippen molar-refractivity contribution in [1.29, 1.82) is 0 Å². The number of amides is 1. The smallest absolute Gasteiger partial charge is 0.220 e. The van der Waals surface area contributed by atoms with E-state index < -0.39 is 0 Å². The summed E-state index contributed by atoms with van der Waals surface area (Å²) in [6, 6.07) is 7.65. The van der Waals surface area contributed by atoms with Crippen LogP contribution in [-0.4, -0.2) is 23.0 Å². The van der Waals surface area contributed by atoms with Crippen molar-refractivity contribution in [2.75, 3.05) is 7.11 Å². The second kappa shape index (κ2) is 6.58. The zero-order valence-electron chi connectivity index (χ0n) is 10.8. The number of nitrogens with zero attached hydrogens (tertiary/aromatic N) is 1. The largest absolute Gasteiger partial charge is 0.496 e. The van der Waals surface area contributed by atoms with Gasteiger partial charge in [0.25, 0.3) is 0 Å². The van der Waals surface area contributed by atoms with E-state index in [2.05, 4.69) is 15.3 Å². The summed E-state index contributed by atoms with van der Waals surface area (Å²) in [5.74, 6) is 0.803. The van der Waals surface area contributed by atoms with Crippen LogP contribution in [0.2, 0.25) is 0 Å². The SMILES string of the molecule is COc1ccccc1CNC(=O)CCc1cnc[nH]1. The second-order valence-corrected chi connectivity index (χ2v) is 4.17. The van der Waals surface area contributed by atoms with Crippen LogP contribution in [0, 0.1) is 0 Å². The Bertz CT molecular complexity index is 523. The summed E-state index contributed by atoms with van der Waals surface area (Å²) in [5.41, 5.74) is 1.94. The Morgan fingerprint density at radius 2 is 2.26 bits per heavy atom. The fourth-order valence-electron chi connectivity index (χ4n) is 1.80. The van der Waals surface area contributed by atoms with Crippen LogP contribution >= 0.6 is 0 Å². The molecule has 0 aliphatic carbocycles. The lowest BCUT2D eigenvalue weighted by molar-refractivity contribution is -0.121. The Kier molecular flexibility index (Phi) is 4.55. The van der Waals surface area contributed by atoms with Gasteiger partial charge in [0.15, 0.2) is 0 Å². The van der Waals surface area contributed by atoms with E-state index in [1.165, 1.54) is 0 Å². The van der Waals surface area contributed by atoms with Gasteiger partial charge in [0.2, 0.25) is 5.91 Å². The van der Waals surface area contributed by atoms with E-state index in [4.69, 9.17) is 4.74 Å². The number of para-hydroxylation sites is 1. The Labute approximate surface area is 112 Å². The molecule has 19 heavy (non-hydrogen) atoms. The summed E-state index contributed by atoms with van der Waals surface area (Å²) in [5, 5.41) is 2.88. The van der Waals surface area contributed by atoms with Gasteiger partial charge in [-0.15, -0.1) is 0 Å². The number of imidazole rings is 1. The van der Waals surface area contributed by atoms with Crippen LogP contribution in [0.4, 0.5) is 0 Å². The number of methoxy groups -OCH3 is 1. The third kappa shape index (κ3) is 3.84. The van der Waals surface area contributed by atoms with Gasteiger partial charge in [-0.25, -0.2) is 4.98 Å². The Balaban J connectivity index is 1.80. The van der Waals surface area contributed by atoms with Gasteiger partial charge in [-0.05, 0) is 12.5 Å². The van der Waals surface area contributed by atoms with Gasteiger partial charge in [-0.1, -0.05) is 18.2 Å². The van der Waals surface area contributed by atoms with E-state index in [0.717, 1.165) is 17.0 Å². The molecule has 0 bridgehead atoms. The molecule has 1 aromatic carbocycles. The predicted molar refractivity (Wildman–Crippen MR) is 71.7 cm³/mol. The van der Waals surface area contributed by atoms with Crippen molar-refractivity contribution < 1.29 is 9.53 Å². The molecule has 2 aromatic rings. The number of aryl methyl sites for hydroxylation is 1. The first-order valence-electron chi connectivity index (χ1n) is 6.15. The fourth-order valence-corrected chi connectivity index (χ4v) is 1.80. The monoisotopic (exact) mass is 259 g/mol. The average Bonchev–Trinajstić information content (AvgIpc) is 2.96. The third-order valence-electron chi connectivity index (χ3n) is 2.84. The van der Waals surface area contributed by atoms with Crippen molar-refractivity contribution in [3.05, 3.63) is 48.0 Å². The van der Waals surface area contributed by atoms with Gasteiger partial charge in [0, 0.05) is 30.4 Å². The molecular formula is C14H17N3O2. The number of ether oxygens (including phenoxy) is 1. The lowest BCUT2D eigenvalue weighted by Gasteiger charge is -2.09. The van der Waals surface area contributed by atoms with Crippen molar-refractivity contribution in [3.8, 4) is 5.75 Å². The van der Waals surface area contributed by atoms with Crippen molar-refractivity contribution in [3.63, 3.8) is 0 Å². The number of rotatable bonds is 6. The van der Waals surface area contributed by atoms with Gasteiger partial charge in [0.05, 0.1) is 13.4 Å². The van der Waals surface area contributed by atoms with Gasteiger partial charge in [0.1, 0.15) is 5.75 Å². The second-order valence-electron chi connectivity index (χ2n) is 4.17. The van der Waals surface area contributed by atoms with Crippen LogP contribution in [0.5, 0.6) is 5.75 Å². The number of carbonyl (C=O) groups excluding carboxylic acids is 1. The zero-order valence-corrected chi connectivity index (χ0v) is 10.8. The minimum atomic E-state index is 0.0144. The summed E-state index contributed by atoms with van der Waals surface area (Å²) >= 11 is 0. The molecular weight excluding hydrogens is 242 g/mol. The molecule has 0 aliphatic rings. The number of H-pyrrole nitrogens is 1. The van der Waals surface area contributed by atoms with Gasteiger partial charge < -0.3 is 15.0 Å². The highest BCUT2D eigenvalue weighted by Gasteiger charge is 2.05. The van der Waals surface area contributed by atoms with Crippen LogP contribution in [-0.2, 0) is 17.8 Å². The molecule has 2 rings (SSSR count). The standard InChI is InChI=1S/C14H17N3O2/c1-19-13-5-3-2-4-11(13)8-16-14(18)7-6-12-9-15-10-17-12/h2-5,9-10H,6-8H2,1H3,(H,15,17)(H,16,18). The normalized spacial score (nSPS) is 10.2. The van der Waals surface area contributed by atoms with E-state index in [9.17, 15) is 4.79 Å². The lowest BCUT2D eigenvalue weighted by Crippen LogP contribution is -2.23. The van der Waals surface area contributed by atoms with Crippen LogP contribution in [0.3, 0.4) is 0 Å². The Morgan fingerprint density at radius 1 is 1.42 bits per heavy atom. The number of nitrogens with one attached hydrogen (secondary N) is 2. The zero-order chi connectivity index (χ0) is 13.5. The van der Waals surface area contributed by atoms with Crippen LogP contribution in [0.25, 0.3) is 0 Å². The van der Waals surface area contributed by atoms with E-state index in [0.29, 0.717) is 19.4 Å². The first-order chi connectivity index (χ1) is 9.29. The molecule has 2 N–H and O–H groups in total. The number of hydrogen-bond donors (Lipinski definition) is 2. The molecule has 1 heterocycles. The van der Waals surface area contributed by atoms with Crippen LogP contribution in [0.15, 0.2) is 36.8 Å². The molecule has 0 atom stereocenters. The summed E-state index contributed by atoms with van der Waals surface area (Å²) in [4.78, 5) is 18.6. The van der Waals surface area contributed by atoms with Crippen LogP contribution < -0.4 is 10.1 Å². The molecule has 0 radical (unpaired) electrons. The van der Waals surface area contributed by atoms with E-state index in [1.54, 1.807) is 19.6 Å². The average molecular weight is 259 g/mol. The van der Waals surface area contributed by atoms with E-state index in [-0.39, 0.29) is 5.91 Å². The first kappa shape index (κ1) is 13.1. The number of hydrogen-bond acceptors (Lipinski definition) is 3. The number of benzene rings is 1. The van der Waals surface area contributed by atoms with Crippen molar-refractivity contribution in [1.82, 2.24) is 15.3 Å². The van der Waals surface area contributed by atoms with Crippen molar-refractivity contribution in [2.45, 2.75) is 19.4 Å². The number of aromatic amines is 1. The molecule has 0 unspecified atom stereocenters. The molecule has 0 saturated carbocycles. The molecule has 0 aliphatic heterocycles. The molecule has 5 heteroatoms. The topological polar surface area (TPSA) is 67.0 Å². The molecule has 1 amide bonds. The minimum absolute atomic E-state index is 0.0144. The lowest BCUT2D eigenvalue weighted by atomic mass is 10.2. The first-order valence-corrected chi connectivity index (χ1v) is 6.15.